The number of methoxy groups -OCH3 is 1. The van der Waals surface area contributed by atoms with Crippen LogP contribution in [0.15, 0.2) is 42.7 Å². The number of nitrogens with zero attached hydrogens (tertiary/aromatic N) is 4. The molecule has 1 unspecified atom stereocenters. The van der Waals surface area contributed by atoms with E-state index in [0.29, 0.717) is 12.0 Å². The molecular weight excluding hydrogens is 420 g/mol. The molecule has 0 aliphatic rings. The van der Waals surface area contributed by atoms with Gasteiger partial charge >= 0.3 is 0 Å². The molecule has 2 N–H and O–H groups in total. The van der Waals surface area contributed by atoms with E-state index in [4.69, 9.17) is 15.2 Å². The monoisotopic (exact) mass is 445 g/mol. The Hall–Kier alpha value is -3.82. The van der Waals surface area contributed by atoms with Crippen molar-refractivity contribution < 1.29 is 23.0 Å². The smallest absolute Gasteiger partial charge is 0.238 e. The highest BCUT2D eigenvalue weighted by Crippen LogP contribution is 2.36. The zero-order valence-corrected chi connectivity index (χ0v) is 18.3. The van der Waals surface area contributed by atoms with Crippen LogP contribution in [0.1, 0.15) is 37.9 Å². The molecule has 170 valence electrons. The number of benzene rings is 1. The first-order chi connectivity index (χ1) is 15.4. The Bertz CT molecular complexity index is 1040. The minimum absolute atomic E-state index is 0.0914. The predicted molar refractivity (Wildman–Crippen MR) is 115 cm³/mol. The summed E-state index contributed by atoms with van der Waals surface area (Å²) in [7, 11) is 1.41. The molecule has 0 aliphatic carbocycles. The first-order valence-electron chi connectivity index (χ1n) is 9.87. The number of halogens is 2. The van der Waals surface area contributed by atoms with Gasteiger partial charge in [-0.3, -0.25) is 4.79 Å². The molecule has 0 fully saturated rings. The first-order valence-corrected chi connectivity index (χ1v) is 9.87. The van der Waals surface area contributed by atoms with Crippen molar-refractivity contribution in [3.63, 3.8) is 0 Å². The van der Waals surface area contributed by atoms with Gasteiger partial charge in [0, 0.05) is 42.2 Å². The van der Waals surface area contributed by atoms with E-state index < -0.39 is 17.7 Å². The molecule has 2 aromatic heterocycles. The number of pyridine rings is 1. The third kappa shape index (κ3) is 5.65. The Balaban J connectivity index is 0.00000176. The minimum atomic E-state index is -0.706. The normalized spacial score (nSPS) is 11.1. The van der Waals surface area contributed by atoms with Crippen LogP contribution in [-0.4, -0.2) is 33.6 Å². The lowest BCUT2D eigenvalue weighted by molar-refractivity contribution is -0.120. The lowest BCUT2D eigenvalue weighted by Crippen LogP contribution is -2.26. The number of carbonyl (C=O) groups excluding carboxylic acids is 1. The summed E-state index contributed by atoms with van der Waals surface area (Å²) in [5.41, 5.74) is 6.04. The van der Waals surface area contributed by atoms with E-state index in [0.717, 1.165) is 0 Å². The molecule has 0 saturated carbocycles. The summed E-state index contributed by atoms with van der Waals surface area (Å²) in [6.07, 6.45) is 3.35. The summed E-state index contributed by atoms with van der Waals surface area (Å²) >= 11 is 0. The summed E-state index contributed by atoms with van der Waals surface area (Å²) < 4.78 is 39.7. The van der Waals surface area contributed by atoms with Gasteiger partial charge in [-0.05, 0) is 25.1 Å². The van der Waals surface area contributed by atoms with Crippen LogP contribution in [0.2, 0.25) is 0 Å². The van der Waals surface area contributed by atoms with Crippen LogP contribution in [0.4, 0.5) is 14.6 Å². The van der Waals surface area contributed by atoms with Crippen LogP contribution in [0, 0.1) is 11.6 Å². The Morgan fingerprint density at radius 3 is 2.56 bits per heavy atom. The second-order valence-electron chi connectivity index (χ2n) is 6.31. The Labute approximate surface area is 185 Å². The maximum Gasteiger partial charge on any atom is 0.238 e. The van der Waals surface area contributed by atoms with Gasteiger partial charge < -0.3 is 20.1 Å². The van der Waals surface area contributed by atoms with Gasteiger partial charge in [-0.2, -0.15) is 5.10 Å². The summed E-state index contributed by atoms with van der Waals surface area (Å²) in [5, 5.41) is 7.41. The van der Waals surface area contributed by atoms with Crippen molar-refractivity contribution in [3.8, 4) is 17.4 Å². The molecule has 1 aromatic carbocycles. The molecule has 3 aromatic rings. The Kier molecular flexibility index (Phi) is 8.82. The van der Waals surface area contributed by atoms with Gasteiger partial charge in [0.15, 0.2) is 23.2 Å². The third-order valence-electron chi connectivity index (χ3n) is 4.48. The van der Waals surface area contributed by atoms with Gasteiger partial charge in [0.1, 0.15) is 5.75 Å². The summed E-state index contributed by atoms with van der Waals surface area (Å²) in [4.78, 5) is 16.6. The summed E-state index contributed by atoms with van der Waals surface area (Å²) in [6, 6.07) is 6.45. The topological polar surface area (TPSA) is 103 Å². The highest BCUT2D eigenvalue weighted by atomic mass is 19.1. The van der Waals surface area contributed by atoms with E-state index >= 15 is 0 Å². The van der Waals surface area contributed by atoms with E-state index in [1.807, 2.05) is 13.8 Å². The van der Waals surface area contributed by atoms with E-state index in [-0.39, 0.29) is 35.3 Å². The number of amides is 1. The third-order valence-corrected chi connectivity index (χ3v) is 4.48. The van der Waals surface area contributed by atoms with Crippen LogP contribution >= 0.6 is 0 Å². The van der Waals surface area contributed by atoms with Crippen LogP contribution in [0.5, 0.6) is 17.4 Å². The molecule has 0 radical (unpaired) electrons. The summed E-state index contributed by atoms with van der Waals surface area (Å²) in [5.74, 6) is -1.38. The molecule has 0 saturated heterocycles. The number of rotatable bonds is 8. The highest BCUT2D eigenvalue weighted by Gasteiger charge is 2.23. The SMILES string of the molecule is CC.COc1cc(Oc2cccnn2)c(F)cc1C(C)N(C=O)Cc1ccnc(N)c1F. The number of anilines is 1. The first kappa shape index (κ1) is 24.4. The van der Waals surface area contributed by atoms with Crippen LogP contribution in [-0.2, 0) is 11.3 Å². The fourth-order valence-electron chi connectivity index (χ4n) is 2.85. The molecule has 1 atom stereocenters. The average Bonchev–Trinajstić information content (AvgIpc) is 2.82. The Morgan fingerprint density at radius 2 is 1.94 bits per heavy atom. The number of nitrogen functional groups attached to an aromatic ring is 1. The minimum Gasteiger partial charge on any atom is -0.496 e. The number of hydrogen-bond acceptors (Lipinski definition) is 7. The van der Waals surface area contributed by atoms with Crippen molar-refractivity contribution in [2.45, 2.75) is 33.4 Å². The molecular formula is C22H25F2N5O3. The number of nitrogens with two attached hydrogens (primary N) is 1. The van der Waals surface area contributed by atoms with Crippen molar-refractivity contribution >= 4 is 12.2 Å². The maximum atomic E-state index is 14.7. The number of aromatic nitrogens is 3. The Morgan fingerprint density at radius 1 is 1.19 bits per heavy atom. The molecule has 8 nitrogen and oxygen atoms in total. The largest absolute Gasteiger partial charge is 0.496 e. The van der Waals surface area contributed by atoms with Crippen molar-refractivity contribution in [2.75, 3.05) is 12.8 Å². The van der Waals surface area contributed by atoms with Crippen LogP contribution < -0.4 is 15.2 Å². The molecule has 0 aliphatic heterocycles. The van der Waals surface area contributed by atoms with E-state index in [1.54, 1.807) is 13.0 Å². The molecule has 10 heteroatoms. The maximum absolute atomic E-state index is 14.7. The lowest BCUT2D eigenvalue weighted by Gasteiger charge is -2.27. The van der Waals surface area contributed by atoms with Crippen LogP contribution in [0.3, 0.4) is 0 Å². The molecule has 0 bridgehead atoms. The zero-order valence-electron chi connectivity index (χ0n) is 18.3. The zero-order chi connectivity index (χ0) is 23.7. The molecule has 3 rings (SSSR count). The van der Waals surface area contributed by atoms with Crippen molar-refractivity contribution in [1.82, 2.24) is 20.1 Å². The second kappa shape index (κ2) is 11.5. The average molecular weight is 445 g/mol. The van der Waals surface area contributed by atoms with E-state index in [1.165, 1.54) is 48.7 Å². The van der Waals surface area contributed by atoms with E-state index in [2.05, 4.69) is 15.2 Å². The lowest BCUT2D eigenvalue weighted by atomic mass is 10.0. The standard InChI is InChI=1S/C20H19F2N5O3.C2H6/c1-12(27(11-28)10-13-5-7-24-20(23)19(13)22)14-8-15(21)17(9-16(14)29-2)30-18-4-3-6-25-26-18;1-2/h3-9,11-12H,10H2,1-2H3,(H2,23,24);1-2H3. The highest BCUT2D eigenvalue weighted by molar-refractivity contribution is 5.52. The van der Waals surface area contributed by atoms with Gasteiger partial charge in [0.25, 0.3) is 0 Å². The van der Waals surface area contributed by atoms with Crippen molar-refractivity contribution in [3.05, 3.63) is 65.5 Å². The van der Waals surface area contributed by atoms with Gasteiger partial charge in [0.05, 0.1) is 13.2 Å². The van der Waals surface area contributed by atoms with Gasteiger partial charge in [-0.1, -0.05) is 13.8 Å². The van der Waals surface area contributed by atoms with Gasteiger partial charge in [0.2, 0.25) is 12.3 Å². The second-order valence-corrected chi connectivity index (χ2v) is 6.31. The number of hydrogen-bond donors (Lipinski definition) is 1. The van der Waals surface area contributed by atoms with Crippen LogP contribution in [0.25, 0.3) is 0 Å². The predicted octanol–water partition coefficient (Wildman–Crippen LogP) is 4.28. The molecule has 0 spiro atoms. The fraction of sp³-hybridized carbons (Fsp3) is 0.273. The molecule has 32 heavy (non-hydrogen) atoms. The van der Waals surface area contributed by atoms with Gasteiger partial charge in [-0.15, -0.1) is 5.10 Å². The molecule has 2 heterocycles. The number of ether oxygens (including phenoxy) is 2. The molecule has 1 amide bonds. The van der Waals surface area contributed by atoms with Crippen molar-refractivity contribution in [2.24, 2.45) is 0 Å². The van der Waals surface area contributed by atoms with Gasteiger partial charge in [-0.25, -0.2) is 13.8 Å². The van der Waals surface area contributed by atoms with E-state index in [9.17, 15) is 13.6 Å². The summed E-state index contributed by atoms with van der Waals surface area (Å²) in [6.45, 7) is 5.57. The number of carbonyl (C=O) groups is 1. The van der Waals surface area contributed by atoms with Crippen molar-refractivity contribution in [1.29, 1.82) is 0 Å². The fourth-order valence-corrected chi connectivity index (χ4v) is 2.85. The quantitative estimate of drug-likeness (QED) is 0.516.